The van der Waals surface area contributed by atoms with Gasteiger partial charge >= 0.3 is 0 Å². The molecular formula is C14H14BrN5. The van der Waals surface area contributed by atoms with Crippen LogP contribution in [-0.2, 0) is 13.1 Å². The van der Waals surface area contributed by atoms with Crippen LogP contribution in [0, 0.1) is 0 Å². The van der Waals surface area contributed by atoms with Crippen LogP contribution in [0.2, 0.25) is 0 Å². The van der Waals surface area contributed by atoms with Crippen molar-refractivity contribution in [2.24, 2.45) is 5.73 Å². The molecule has 0 aliphatic carbocycles. The van der Waals surface area contributed by atoms with E-state index in [9.17, 15) is 0 Å². The third kappa shape index (κ3) is 2.52. The lowest BCUT2D eigenvalue weighted by atomic mass is 10.1. The molecule has 0 amide bonds. The summed E-state index contributed by atoms with van der Waals surface area (Å²) in [5, 5.41) is 7.61. The molecule has 3 rings (SSSR count). The van der Waals surface area contributed by atoms with Gasteiger partial charge in [-0.05, 0) is 39.2 Å². The summed E-state index contributed by atoms with van der Waals surface area (Å²) in [5.41, 5.74) is 8.81. The third-order valence-corrected chi connectivity index (χ3v) is 3.71. The number of nitrogens with zero attached hydrogens (tertiary/aromatic N) is 3. The van der Waals surface area contributed by atoms with E-state index in [0.29, 0.717) is 19.0 Å². The van der Waals surface area contributed by atoms with E-state index in [2.05, 4.69) is 37.4 Å². The molecule has 0 bridgehead atoms. The lowest BCUT2D eigenvalue weighted by molar-refractivity contribution is 0.941. The smallest absolute Gasteiger partial charge is 0.243 e. The molecule has 3 N–H and O–H groups in total. The number of fused-ring (bicyclic) bond motifs is 1. The molecule has 20 heavy (non-hydrogen) atoms. The number of halogens is 1. The van der Waals surface area contributed by atoms with Crippen molar-refractivity contribution < 1.29 is 0 Å². The summed E-state index contributed by atoms with van der Waals surface area (Å²) in [6.45, 7) is 1.18. The zero-order valence-electron chi connectivity index (χ0n) is 10.8. The minimum absolute atomic E-state index is 0.530. The van der Waals surface area contributed by atoms with Crippen LogP contribution in [0.3, 0.4) is 0 Å². The second-order valence-electron chi connectivity index (χ2n) is 4.39. The first-order valence-corrected chi connectivity index (χ1v) is 7.09. The minimum atomic E-state index is 0.530. The largest absolute Gasteiger partial charge is 0.349 e. The van der Waals surface area contributed by atoms with Gasteiger partial charge in [-0.15, -0.1) is 5.10 Å². The molecule has 2 aromatic heterocycles. The van der Waals surface area contributed by atoms with Crippen LogP contribution in [0.15, 0.2) is 47.1 Å². The molecule has 3 aromatic rings. The average molecular weight is 332 g/mol. The highest BCUT2D eigenvalue weighted by Crippen LogP contribution is 2.17. The zero-order chi connectivity index (χ0) is 13.9. The Balaban J connectivity index is 1.82. The van der Waals surface area contributed by atoms with Gasteiger partial charge in [-0.1, -0.05) is 24.3 Å². The maximum Gasteiger partial charge on any atom is 0.243 e. The summed E-state index contributed by atoms with van der Waals surface area (Å²) >= 11 is 3.46. The van der Waals surface area contributed by atoms with Crippen LogP contribution in [0.4, 0.5) is 5.95 Å². The van der Waals surface area contributed by atoms with Gasteiger partial charge in [-0.25, -0.2) is 4.52 Å². The maximum absolute atomic E-state index is 5.73. The monoisotopic (exact) mass is 331 g/mol. The van der Waals surface area contributed by atoms with Crippen molar-refractivity contribution in [1.82, 2.24) is 14.6 Å². The molecule has 0 aliphatic rings. The Bertz CT molecular complexity index is 737. The van der Waals surface area contributed by atoms with Crippen LogP contribution < -0.4 is 11.1 Å². The number of hydrogen-bond acceptors (Lipinski definition) is 4. The Morgan fingerprint density at radius 1 is 1.15 bits per heavy atom. The lowest BCUT2D eigenvalue weighted by Gasteiger charge is -2.07. The van der Waals surface area contributed by atoms with Crippen LogP contribution in [0.1, 0.15) is 11.1 Å². The SMILES string of the molecule is NCc1ccccc1CNc1nc2c(Br)cccn2n1. The minimum Gasteiger partial charge on any atom is -0.349 e. The van der Waals surface area contributed by atoms with Crippen molar-refractivity contribution in [3.05, 3.63) is 58.2 Å². The molecule has 0 saturated heterocycles. The first-order chi connectivity index (χ1) is 9.78. The number of aromatic nitrogens is 3. The highest BCUT2D eigenvalue weighted by molar-refractivity contribution is 9.10. The predicted octanol–water partition coefficient (Wildman–Crippen LogP) is 2.56. The van der Waals surface area contributed by atoms with Crippen molar-refractivity contribution in [2.75, 3.05) is 5.32 Å². The number of rotatable bonds is 4. The fourth-order valence-corrected chi connectivity index (χ4v) is 2.47. The summed E-state index contributed by atoms with van der Waals surface area (Å²) in [5.74, 6) is 0.601. The number of pyridine rings is 1. The number of nitrogens with two attached hydrogens (primary N) is 1. The summed E-state index contributed by atoms with van der Waals surface area (Å²) in [6.07, 6.45) is 1.87. The highest BCUT2D eigenvalue weighted by Gasteiger charge is 2.06. The summed E-state index contributed by atoms with van der Waals surface area (Å²) in [6, 6.07) is 11.9. The summed E-state index contributed by atoms with van der Waals surface area (Å²) in [4.78, 5) is 4.45. The summed E-state index contributed by atoms with van der Waals surface area (Å²) < 4.78 is 2.66. The zero-order valence-corrected chi connectivity index (χ0v) is 12.3. The Hall–Kier alpha value is -1.92. The third-order valence-electron chi connectivity index (χ3n) is 3.09. The van der Waals surface area contributed by atoms with E-state index >= 15 is 0 Å². The normalized spacial score (nSPS) is 10.9. The van der Waals surface area contributed by atoms with Crippen molar-refractivity contribution in [2.45, 2.75) is 13.1 Å². The Labute approximate surface area is 125 Å². The van der Waals surface area contributed by atoms with E-state index in [4.69, 9.17) is 5.73 Å². The number of benzene rings is 1. The quantitative estimate of drug-likeness (QED) is 0.770. The number of hydrogen-bond donors (Lipinski definition) is 2. The number of anilines is 1. The van der Waals surface area contributed by atoms with Crippen molar-refractivity contribution in [3.8, 4) is 0 Å². The Morgan fingerprint density at radius 2 is 1.95 bits per heavy atom. The Morgan fingerprint density at radius 3 is 2.70 bits per heavy atom. The van der Waals surface area contributed by atoms with E-state index in [-0.39, 0.29) is 0 Å². The van der Waals surface area contributed by atoms with Gasteiger partial charge in [0.05, 0.1) is 4.47 Å². The molecule has 0 atom stereocenters. The van der Waals surface area contributed by atoms with Gasteiger partial charge in [-0.2, -0.15) is 4.98 Å². The Kier molecular flexibility index (Phi) is 3.66. The fraction of sp³-hybridized carbons (Fsp3) is 0.143. The average Bonchev–Trinajstić information content (AvgIpc) is 2.90. The van der Waals surface area contributed by atoms with Gasteiger partial charge in [0.25, 0.3) is 0 Å². The van der Waals surface area contributed by atoms with E-state index in [1.807, 2.05) is 36.5 Å². The molecule has 0 unspecified atom stereocenters. The molecule has 0 fully saturated rings. The molecule has 0 aliphatic heterocycles. The molecule has 0 radical (unpaired) electrons. The van der Waals surface area contributed by atoms with Crippen LogP contribution in [-0.4, -0.2) is 14.6 Å². The van der Waals surface area contributed by atoms with Crippen LogP contribution in [0.25, 0.3) is 5.65 Å². The van der Waals surface area contributed by atoms with Gasteiger partial charge < -0.3 is 11.1 Å². The molecular weight excluding hydrogens is 318 g/mol. The van der Waals surface area contributed by atoms with Gasteiger partial charge in [-0.3, -0.25) is 0 Å². The second kappa shape index (κ2) is 5.60. The van der Waals surface area contributed by atoms with E-state index in [0.717, 1.165) is 21.2 Å². The molecule has 0 saturated carbocycles. The predicted molar refractivity (Wildman–Crippen MR) is 82.3 cm³/mol. The first kappa shape index (κ1) is 13.1. The lowest BCUT2D eigenvalue weighted by Crippen LogP contribution is -2.07. The van der Waals surface area contributed by atoms with Crippen molar-refractivity contribution >= 4 is 27.5 Å². The van der Waals surface area contributed by atoms with Gasteiger partial charge in [0, 0.05) is 19.3 Å². The number of nitrogens with one attached hydrogen (secondary N) is 1. The second-order valence-corrected chi connectivity index (χ2v) is 5.24. The van der Waals surface area contributed by atoms with Gasteiger partial charge in [0.1, 0.15) is 0 Å². The van der Waals surface area contributed by atoms with Crippen LogP contribution in [0.5, 0.6) is 0 Å². The first-order valence-electron chi connectivity index (χ1n) is 6.29. The van der Waals surface area contributed by atoms with Crippen LogP contribution >= 0.6 is 15.9 Å². The van der Waals surface area contributed by atoms with Gasteiger partial charge in [0.15, 0.2) is 5.65 Å². The molecule has 0 spiro atoms. The molecule has 102 valence electrons. The summed E-state index contributed by atoms with van der Waals surface area (Å²) in [7, 11) is 0. The van der Waals surface area contributed by atoms with Crippen molar-refractivity contribution in [1.29, 1.82) is 0 Å². The highest BCUT2D eigenvalue weighted by atomic mass is 79.9. The van der Waals surface area contributed by atoms with E-state index in [1.165, 1.54) is 0 Å². The standard InChI is InChI=1S/C14H14BrN5/c15-12-6-3-7-20-13(12)18-14(19-20)17-9-11-5-2-1-4-10(11)8-16/h1-7H,8-9,16H2,(H,17,19). The maximum atomic E-state index is 5.73. The molecule has 6 heteroatoms. The van der Waals surface area contributed by atoms with Crippen molar-refractivity contribution in [3.63, 3.8) is 0 Å². The fourth-order valence-electron chi connectivity index (χ4n) is 2.05. The molecule has 1 aromatic carbocycles. The topological polar surface area (TPSA) is 68.2 Å². The van der Waals surface area contributed by atoms with E-state index < -0.39 is 0 Å². The van der Waals surface area contributed by atoms with Gasteiger partial charge in [0.2, 0.25) is 5.95 Å². The molecule has 2 heterocycles. The molecule has 5 nitrogen and oxygen atoms in total. The van der Waals surface area contributed by atoms with E-state index in [1.54, 1.807) is 4.52 Å².